The average Bonchev–Trinajstić information content (AvgIpc) is 3.38. The third-order valence-electron chi connectivity index (χ3n) is 11.2. The highest BCUT2D eigenvalue weighted by molar-refractivity contribution is 5.70. The molecule has 0 aliphatic rings. The van der Waals surface area contributed by atoms with E-state index in [1.807, 2.05) is 0 Å². The van der Waals surface area contributed by atoms with Crippen molar-refractivity contribution in [3.05, 3.63) is 182 Å². The molecule has 1 atom stereocenters. The van der Waals surface area contributed by atoms with Crippen molar-refractivity contribution in [1.29, 1.82) is 0 Å². The predicted molar refractivity (Wildman–Crippen MR) is 315 cm³/mol. The number of carbonyl (C=O) groups excluding carboxylic acids is 2. The number of ether oxygens (including phenoxy) is 2. The van der Waals surface area contributed by atoms with Gasteiger partial charge in [-0.25, -0.2) is 0 Å². The van der Waals surface area contributed by atoms with Crippen molar-refractivity contribution < 1.29 is 24.2 Å². The van der Waals surface area contributed by atoms with Crippen LogP contribution < -0.4 is 0 Å². The Morgan fingerprint density at radius 1 is 0.319 bits per heavy atom. The second-order valence-electron chi connectivity index (χ2n) is 17.9. The van der Waals surface area contributed by atoms with Crippen LogP contribution in [0.2, 0.25) is 0 Å². The van der Waals surface area contributed by atoms with Crippen molar-refractivity contribution in [2.24, 2.45) is 0 Å². The van der Waals surface area contributed by atoms with Gasteiger partial charge in [0.2, 0.25) is 0 Å². The Morgan fingerprint density at radius 3 is 0.833 bits per heavy atom. The fourth-order valence-corrected chi connectivity index (χ4v) is 7.02. The molecule has 0 radical (unpaired) electrons. The highest BCUT2D eigenvalue weighted by atomic mass is 16.6. The first kappa shape index (κ1) is 67.0. The number of allylic oxidation sites excluding steroid dienone is 30. The fourth-order valence-electron chi connectivity index (χ4n) is 7.02. The molecular weight excluding hydrogens is 885 g/mol. The van der Waals surface area contributed by atoms with Gasteiger partial charge >= 0.3 is 11.9 Å². The van der Waals surface area contributed by atoms with Gasteiger partial charge in [-0.15, -0.1) is 0 Å². The van der Waals surface area contributed by atoms with Gasteiger partial charge in [0, 0.05) is 12.8 Å². The number of hydrogen-bond acceptors (Lipinski definition) is 5. The lowest BCUT2D eigenvalue weighted by atomic mass is 10.1. The first-order valence-electron chi connectivity index (χ1n) is 28.3. The summed E-state index contributed by atoms with van der Waals surface area (Å²) in [5, 5.41) is 9.64. The summed E-state index contributed by atoms with van der Waals surface area (Å²) >= 11 is 0. The largest absolute Gasteiger partial charge is 0.462 e. The van der Waals surface area contributed by atoms with Crippen LogP contribution in [0.1, 0.15) is 206 Å². The van der Waals surface area contributed by atoms with Gasteiger partial charge in [-0.1, -0.05) is 241 Å². The van der Waals surface area contributed by atoms with E-state index in [-0.39, 0.29) is 25.2 Å². The van der Waals surface area contributed by atoms with Gasteiger partial charge < -0.3 is 14.6 Å². The molecule has 0 aliphatic heterocycles. The summed E-state index contributed by atoms with van der Waals surface area (Å²) in [5.74, 6) is -0.645. The van der Waals surface area contributed by atoms with Crippen LogP contribution in [0, 0.1) is 0 Å². The maximum atomic E-state index is 12.3. The summed E-state index contributed by atoms with van der Waals surface area (Å²) < 4.78 is 10.7. The topological polar surface area (TPSA) is 72.8 Å². The number of esters is 2. The third-order valence-corrected chi connectivity index (χ3v) is 11.2. The van der Waals surface area contributed by atoms with Crippen molar-refractivity contribution >= 4 is 11.9 Å². The zero-order valence-corrected chi connectivity index (χ0v) is 45.6. The molecule has 1 N–H and O–H groups in total. The molecule has 0 amide bonds. The zero-order chi connectivity index (χ0) is 52.0. The van der Waals surface area contributed by atoms with Gasteiger partial charge in [0.15, 0.2) is 6.10 Å². The summed E-state index contributed by atoms with van der Waals surface area (Å²) in [5.41, 5.74) is 0. The van der Waals surface area contributed by atoms with E-state index in [0.717, 1.165) is 161 Å². The monoisotopic (exact) mass is 987 g/mol. The smallest absolute Gasteiger partial charge is 0.306 e. The summed E-state index contributed by atoms with van der Waals surface area (Å²) in [6, 6.07) is 0. The van der Waals surface area contributed by atoms with Gasteiger partial charge in [-0.3, -0.25) is 9.59 Å². The van der Waals surface area contributed by atoms with E-state index in [9.17, 15) is 14.7 Å². The predicted octanol–water partition coefficient (Wildman–Crippen LogP) is 19.5. The number of carbonyl (C=O) groups is 2. The van der Waals surface area contributed by atoms with Crippen LogP contribution in [0.5, 0.6) is 0 Å². The second kappa shape index (κ2) is 60.3. The van der Waals surface area contributed by atoms with Crippen LogP contribution in [-0.2, 0) is 19.1 Å². The van der Waals surface area contributed by atoms with Gasteiger partial charge in [-0.2, -0.15) is 0 Å². The highest BCUT2D eigenvalue weighted by Crippen LogP contribution is 2.12. The number of aliphatic hydroxyl groups is 1. The molecule has 0 aromatic carbocycles. The van der Waals surface area contributed by atoms with Crippen molar-refractivity contribution in [3.8, 4) is 0 Å². The molecule has 0 aliphatic carbocycles. The lowest BCUT2D eigenvalue weighted by molar-refractivity contribution is -0.161. The van der Waals surface area contributed by atoms with Crippen LogP contribution in [0.4, 0.5) is 0 Å². The van der Waals surface area contributed by atoms with Gasteiger partial charge in [-0.05, 0) is 135 Å². The Bertz CT molecular complexity index is 1680. The lowest BCUT2D eigenvalue weighted by Crippen LogP contribution is -2.28. The third kappa shape index (κ3) is 57.6. The average molecular weight is 988 g/mol. The van der Waals surface area contributed by atoms with E-state index < -0.39 is 6.10 Å². The van der Waals surface area contributed by atoms with E-state index >= 15 is 0 Å². The van der Waals surface area contributed by atoms with Gasteiger partial charge in [0.05, 0.1) is 6.61 Å². The van der Waals surface area contributed by atoms with Gasteiger partial charge in [0.25, 0.3) is 0 Å². The Hall–Kier alpha value is -5.00. The van der Waals surface area contributed by atoms with Crippen molar-refractivity contribution in [3.63, 3.8) is 0 Å². The molecule has 0 fully saturated rings. The summed E-state index contributed by atoms with van der Waals surface area (Å²) in [6.07, 6.45) is 95.7. The molecule has 400 valence electrons. The van der Waals surface area contributed by atoms with Crippen LogP contribution in [-0.4, -0.2) is 36.4 Å². The molecule has 0 aromatic heterocycles. The lowest BCUT2D eigenvalue weighted by Gasteiger charge is -2.15. The minimum Gasteiger partial charge on any atom is -0.462 e. The number of aliphatic hydroxyl groups excluding tert-OH is 1. The summed E-state index contributed by atoms with van der Waals surface area (Å²) in [7, 11) is 0. The van der Waals surface area contributed by atoms with Gasteiger partial charge in [0.1, 0.15) is 6.61 Å². The molecule has 0 saturated carbocycles. The molecular formula is C67H102O5. The summed E-state index contributed by atoms with van der Waals surface area (Å²) in [4.78, 5) is 24.5. The molecule has 0 saturated heterocycles. The Morgan fingerprint density at radius 2 is 0.556 bits per heavy atom. The normalized spacial score (nSPS) is 13.7. The van der Waals surface area contributed by atoms with Crippen molar-refractivity contribution in [2.75, 3.05) is 13.2 Å². The Balaban J connectivity index is 3.68. The maximum absolute atomic E-state index is 12.3. The van der Waals surface area contributed by atoms with E-state index in [1.165, 1.54) is 19.3 Å². The molecule has 5 heteroatoms. The molecule has 0 rings (SSSR count). The quantitative estimate of drug-likeness (QED) is 0.0374. The standard InChI is InChI=1S/C67H102O5/c1-3-5-7-9-11-13-15-17-19-21-23-24-25-26-27-28-29-30-31-32-33-34-35-36-37-38-39-40-41-42-44-46-48-50-52-54-56-58-60-62-67(70)72-65(63-68)64-71-66(69)61-59-57-55-53-51-49-47-45-43-22-20-18-16-14-12-10-8-6-4-2/h5-8,11-14,17-20,23-24,26-27,29-30,32-33,35-36,38-39,41-43,45-46,48,65,68H,3-4,9-10,15-16,21-22,25,28,31,34,37,40,44,47,49-64H2,1-2H3/b7-5-,8-6-,13-11-,14-12-,19-17-,20-18-,24-23-,27-26-,30-29-,33-32-,36-35-,39-38-,42-41-,45-43-,48-46-. The first-order chi connectivity index (χ1) is 35.6. The Labute approximate surface area is 442 Å². The van der Waals surface area contributed by atoms with Crippen molar-refractivity contribution in [2.45, 2.75) is 213 Å². The van der Waals surface area contributed by atoms with Crippen LogP contribution in [0.15, 0.2) is 182 Å². The van der Waals surface area contributed by atoms with E-state index in [2.05, 4.69) is 196 Å². The number of rotatable bonds is 49. The van der Waals surface area contributed by atoms with Crippen LogP contribution in [0.25, 0.3) is 0 Å². The summed E-state index contributed by atoms with van der Waals surface area (Å²) in [6.45, 7) is 3.87. The molecule has 0 bridgehead atoms. The zero-order valence-electron chi connectivity index (χ0n) is 45.6. The molecule has 1 unspecified atom stereocenters. The molecule has 5 nitrogen and oxygen atoms in total. The number of unbranched alkanes of at least 4 members (excludes halogenated alkanes) is 11. The molecule has 0 aromatic rings. The molecule has 72 heavy (non-hydrogen) atoms. The first-order valence-corrected chi connectivity index (χ1v) is 28.3. The van der Waals surface area contributed by atoms with E-state index in [4.69, 9.17) is 9.47 Å². The van der Waals surface area contributed by atoms with Crippen LogP contribution >= 0.6 is 0 Å². The van der Waals surface area contributed by atoms with Crippen LogP contribution in [0.3, 0.4) is 0 Å². The second-order valence-corrected chi connectivity index (χ2v) is 17.9. The Kier molecular flexibility index (Phi) is 56.1. The minimum atomic E-state index is -0.804. The molecule has 0 spiro atoms. The number of hydrogen-bond donors (Lipinski definition) is 1. The van der Waals surface area contributed by atoms with Crippen molar-refractivity contribution in [1.82, 2.24) is 0 Å². The van der Waals surface area contributed by atoms with E-state index in [1.54, 1.807) is 0 Å². The fraction of sp³-hybridized carbons (Fsp3) is 0.522. The maximum Gasteiger partial charge on any atom is 0.306 e. The highest BCUT2D eigenvalue weighted by Gasteiger charge is 2.16. The minimum absolute atomic E-state index is 0.0939. The van der Waals surface area contributed by atoms with E-state index in [0.29, 0.717) is 12.8 Å². The molecule has 0 heterocycles. The SMILES string of the molecule is CC/C=C\C/C=C\C/C=C\C/C=C\C/C=C\C/C=C\C/C=C\C/C=C\C/C=C\C/C=C\C/C=C\CCCCCCCC(=O)OC(CO)COC(=O)CCCCCCCC/C=C\C/C=C\C/C=C\C/C=C\CC.